The van der Waals surface area contributed by atoms with Crippen LogP contribution in [-0.4, -0.2) is 16.1 Å². The van der Waals surface area contributed by atoms with Crippen molar-refractivity contribution in [3.63, 3.8) is 0 Å². The maximum absolute atomic E-state index is 11.4. The van der Waals surface area contributed by atoms with Gasteiger partial charge in [0, 0.05) is 36.3 Å². The van der Waals surface area contributed by atoms with Crippen molar-refractivity contribution in [2.75, 3.05) is 6.54 Å². The molecular weight excluding hydrogens is 234 g/mol. The van der Waals surface area contributed by atoms with Crippen molar-refractivity contribution >= 4 is 11.3 Å². The largest absolute Gasteiger partial charge is 0.308 e. The van der Waals surface area contributed by atoms with Gasteiger partial charge in [0.25, 0.3) is 5.56 Å². The highest BCUT2D eigenvalue weighted by molar-refractivity contribution is 7.10. The highest BCUT2D eigenvalue weighted by atomic mass is 32.1. The Bertz CT molecular complexity index is 506. The minimum Gasteiger partial charge on any atom is -0.308 e. The molecule has 1 N–H and O–H groups in total. The number of hydrogen-bond donors (Lipinski definition) is 1. The van der Waals surface area contributed by atoms with Crippen molar-refractivity contribution in [1.29, 1.82) is 0 Å². The Kier molecular flexibility index (Phi) is 4.06. The van der Waals surface area contributed by atoms with E-state index in [1.807, 2.05) is 6.07 Å². The van der Waals surface area contributed by atoms with Crippen LogP contribution in [0.5, 0.6) is 0 Å². The Morgan fingerprint density at radius 1 is 1.53 bits per heavy atom. The topological polar surface area (TPSA) is 46.9 Å². The van der Waals surface area contributed by atoms with E-state index in [0.717, 1.165) is 6.54 Å². The quantitative estimate of drug-likeness (QED) is 0.876. The highest BCUT2D eigenvalue weighted by Gasteiger charge is 2.04. The molecule has 0 saturated heterocycles. The predicted molar refractivity (Wildman–Crippen MR) is 69.2 cm³/mol. The van der Waals surface area contributed by atoms with Crippen molar-refractivity contribution in [3.8, 4) is 0 Å². The molecule has 5 heteroatoms. The summed E-state index contributed by atoms with van der Waals surface area (Å²) in [6.45, 7) is 3.52. The lowest BCUT2D eigenvalue weighted by molar-refractivity contribution is 0.526. The molecule has 0 aliphatic carbocycles. The molecular formula is C12H15N3OS. The average molecular weight is 249 g/mol. The van der Waals surface area contributed by atoms with Gasteiger partial charge in [-0.05, 0) is 18.4 Å². The van der Waals surface area contributed by atoms with Crippen molar-refractivity contribution in [2.45, 2.75) is 19.5 Å². The molecule has 0 saturated carbocycles. The summed E-state index contributed by atoms with van der Waals surface area (Å²) in [7, 11) is 0. The van der Waals surface area contributed by atoms with E-state index in [9.17, 15) is 4.79 Å². The molecule has 1 atom stereocenters. The van der Waals surface area contributed by atoms with Gasteiger partial charge in [0.15, 0.2) is 0 Å². The summed E-state index contributed by atoms with van der Waals surface area (Å²) in [5, 5.41) is 5.45. The van der Waals surface area contributed by atoms with E-state index in [2.05, 4.69) is 28.7 Å². The lowest BCUT2D eigenvalue weighted by Crippen LogP contribution is -2.27. The number of aromatic nitrogens is 2. The van der Waals surface area contributed by atoms with E-state index in [1.165, 1.54) is 17.1 Å². The maximum Gasteiger partial charge on any atom is 0.253 e. The predicted octanol–water partition coefficient (Wildman–Crippen LogP) is 1.66. The standard InChI is InChI=1S/C12H15N3OS/c1-10(11-3-2-8-17-11)14-6-7-15-9-13-5-4-12(15)16/h2-5,8-10,14H,6-7H2,1H3. The van der Waals surface area contributed by atoms with Crippen molar-refractivity contribution < 1.29 is 0 Å². The Morgan fingerprint density at radius 3 is 3.12 bits per heavy atom. The first-order chi connectivity index (χ1) is 8.27. The van der Waals surface area contributed by atoms with Crippen LogP contribution in [0.25, 0.3) is 0 Å². The second-order valence-electron chi connectivity index (χ2n) is 3.80. The summed E-state index contributed by atoms with van der Waals surface area (Å²) in [4.78, 5) is 16.7. The third-order valence-corrected chi connectivity index (χ3v) is 3.62. The van der Waals surface area contributed by atoms with Crippen LogP contribution in [0.4, 0.5) is 0 Å². The van der Waals surface area contributed by atoms with Gasteiger partial charge in [0.1, 0.15) is 0 Å². The second kappa shape index (κ2) is 5.75. The number of hydrogen-bond acceptors (Lipinski definition) is 4. The molecule has 0 aromatic carbocycles. The zero-order chi connectivity index (χ0) is 12.1. The first-order valence-electron chi connectivity index (χ1n) is 5.54. The van der Waals surface area contributed by atoms with Gasteiger partial charge < -0.3 is 5.32 Å². The van der Waals surface area contributed by atoms with E-state index in [4.69, 9.17) is 0 Å². The van der Waals surface area contributed by atoms with Gasteiger partial charge in [0.2, 0.25) is 0 Å². The van der Waals surface area contributed by atoms with Crippen molar-refractivity contribution in [2.24, 2.45) is 0 Å². The molecule has 90 valence electrons. The molecule has 0 aliphatic rings. The summed E-state index contributed by atoms with van der Waals surface area (Å²) in [5.41, 5.74) is -0.00873. The van der Waals surface area contributed by atoms with Gasteiger partial charge in [-0.15, -0.1) is 11.3 Å². The van der Waals surface area contributed by atoms with E-state index in [0.29, 0.717) is 12.6 Å². The molecule has 2 aromatic heterocycles. The SMILES string of the molecule is CC(NCCn1cnccc1=O)c1cccs1. The molecule has 1 unspecified atom stereocenters. The van der Waals surface area contributed by atoms with Crippen LogP contribution >= 0.6 is 11.3 Å². The lowest BCUT2D eigenvalue weighted by atomic mass is 10.3. The van der Waals surface area contributed by atoms with Crippen LogP contribution in [0, 0.1) is 0 Å². The lowest BCUT2D eigenvalue weighted by Gasteiger charge is -2.12. The second-order valence-corrected chi connectivity index (χ2v) is 4.78. The molecule has 0 spiro atoms. The molecule has 4 nitrogen and oxygen atoms in total. The minimum absolute atomic E-state index is 0.00873. The Balaban J connectivity index is 1.84. The molecule has 2 rings (SSSR count). The number of thiophene rings is 1. The number of rotatable bonds is 5. The van der Waals surface area contributed by atoms with Gasteiger partial charge in [-0.3, -0.25) is 9.36 Å². The molecule has 0 bridgehead atoms. The van der Waals surface area contributed by atoms with Crippen LogP contribution in [0.1, 0.15) is 17.8 Å². The summed E-state index contributed by atoms with van der Waals surface area (Å²) < 4.78 is 1.61. The average Bonchev–Trinajstić information content (AvgIpc) is 2.85. The first-order valence-corrected chi connectivity index (χ1v) is 6.42. The van der Waals surface area contributed by atoms with Crippen LogP contribution in [-0.2, 0) is 6.54 Å². The summed E-state index contributed by atoms with van der Waals surface area (Å²) in [6.07, 6.45) is 3.08. The molecule has 17 heavy (non-hydrogen) atoms. The third-order valence-electron chi connectivity index (χ3n) is 2.57. The molecule has 0 fully saturated rings. The van der Waals surface area contributed by atoms with Crippen LogP contribution < -0.4 is 10.9 Å². The van der Waals surface area contributed by atoms with Crippen LogP contribution in [0.15, 0.2) is 40.9 Å². The van der Waals surface area contributed by atoms with Gasteiger partial charge in [-0.2, -0.15) is 0 Å². The van der Waals surface area contributed by atoms with E-state index in [-0.39, 0.29) is 5.56 Å². The Hall–Kier alpha value is -1.46. The van der Waals surface area contributed by atoms with Crippen molar-refractivity contribution in [1.82, 2.24) is 14.9 Å². The van der Waals surface area contributed by atoms with E-state index in [1.54, 1.807) is 22.2 Å². The van der Waals surface area contributed by atoms with Crippen LogP contribution in [0.3, 0.4) is 0 Å². The number of nitrogens with zero attached hydrogens (tertiary/aromatic N) is 2. The summed E-state index contributed by atoms with van der Waals surface area (Å²) in [6, 6.07) is 5.95. The fourth-order valence-electron chi connectivity index (χ4n) is 1.59. The Labute approximate surface area is 104 Å². The molecule has 2 heterocycles. The fraction of sp³-hybridized carbons (Fsp3) is 0.333. The smallest absolute Gasteiger partial charge is 0.253 e. The van der Waals surface area contributed by atoms with E-state index >= 15 is 0 Å². The third kappa shape index (κ3) is 3.25. The van der Waals surface area contributed by atoms with Crippen LogP contribution in [0.2, 0.25) is 0 Å². The van der Waals surface area contributed by atoms with Gasteiger partial charge >= 0.3 is 0 Å². The molecule has 0 amide bonds. The summed E-state index contributed by atoms with van der Waals surface area (Å²) in [5.74, 6) is 0. The minimum atomic E-state index is -0.00873. The van der Waals surface area contributed by atoms with Gasteiger partial charge in [-0.1, -0.05) is 6.07 Å². The maximum atomic E-state index is 11.4. The van der Waals surface area contributed by atoms with Crippen molar-refractivity contribution in [3.05, 3.63) is 51.3 Å². The first kappa shape index (κ1) is 12.0. The normalized spacial score (nSPS) is 12.5. The molecule has 2 aromatic rings. The molecule has 0 radical (unpaired) electrons. The zero-order valence-electron chi connectivity index (χ0n) is 9.67. The monoisotopic (exact) mass is 249 g/mol. The summed E-state index contributed by atoms with van der Waals surface area (Å²) >= 11 is 1.74. The molecule has 0 aliphatic heterocycles. The zero-order valence-corrected chi connectivity index (χ0v) is 10.5. The fourth-order valence-corrected chi connectivity index (χ4v) is 2.34. The van der Waals surface area contributed by atoms with E-state index < -0.39 is 0 Å². The Morgan fingerprint density at radius 2 is 2.41 bits per heavy atom. The van der Waals surface area contributed by atoms with Gasteiger partial charge in [-0.25, -0.2) is 4.98 Å². The highest BCUT2D eigenvalue weighted by Crippen LogP contribution is 2.17. The van der Waals surface area contributed by atoms with Gasteiger partial charge in [0.05, 0.1) is 6.33 Å². The number of nitrogens with one attached hydrogen (secondary N) is 1.